The first kappa shape index (κ1) is 11.5. The molecule has 0 aromatic heterocycles. The standard InChI is InChI=1S/C8H15NO4S/c1-6(14(2,12)13)7(11)9-8(5-10)3-4-8/h6,10H,3-5H2,1-2H3,(H,9,11). The Morgan fingerprint density at radius 3 is 2.36 bits per heavy atom. The number of aliphatic hydroxyl groups excluding tert-OH is 1. The number of hydrogen-bond donors (Lipinski definition) is 2. The van der Waals surface area contributed by atoms with Crippen LogP contribution in [0.1, 0.15) is 19.8 Å². The zero-order valence-corrected chi connectivity index (χ0v) is 9.10. The van der Waals surface area contributed by atoms with Crippen LogP contribution < -0.4 is 5.32 Å². The summed E-state index contributed by atoms with van der Waals surface area (Å²) in [6.45, 7) is 1.22. The molecule has 1 saturated carbocycles. The van der Waals surface area contributed by atoms with Crippen molar-refractivity contribution in [3.63, 3.8) is 0 Å². The van der Waals surface area contributed by atoms with Crippen LogP contribution in [-0.4, -0.2) is 43.1 Å². The summed E-state index contributed by atoms with van der Waals surface area (Å²) in [4.78, 5) is 11.4. The quantitative estimate of drug-likeness (QED) is 0.642. The van der Waals surface area contributed by atoms with Gasteiger partial charge in [-0.25, -0.2) is 8.42 Å². The lowest BCUT2D eigenvalue weighted by Crippen LogP contribution is -2.46. The van der Waals surface area contributed by atoms with Gasteiger partial charge < -0.3 is 10.4 Å². The highest BCUT2D eigenvalue weighted by Gasteiger charge is 2.44. The lowest BCUT2D eigenvalue weighted by Gasteiger charge is -2.17. The van der Waals surface area contributed by atoms with Crippen molar-refractivity contribution in [1.82, 2.24) is 5.32 Å². The lowest BCUT2D eigenvalue weighted by molar-refractivity contribution is -0.121. The SMILES string of the molecule is CC(C(=O)NC1(CO)CC1)S(C)(=O)=O. The van der Waals surface area contributed by atoms with E-state index < -0.39 is 26.5 Å². The highest BCUT2D eigenvalue weighted by molar-refractivity contribution is 7.92. The van der Waals surface area contributed by atoms with E-state index in [1.165, 1.54) is 6.92 Å². The Morgan fingerprint density at radius 1 is 1.57 bits per heavy atom. The van der Waals surface area contributed by atoms with E-state index in [0.29, 0.717) is 12.8 Å². The first-order valence-corrected chi connectivity index (χ1v) is 6.38. The van der Waals surface area contributed by atoms with Gasteiger partial charge in [-0.3, -0.25) is 4.79 Å². The van der Waals surface area contributed by atoms with Crippen molar-refractivity contribution < 1.29 is 18.3 Å². The molecule has 0 radical (unpaired) electrons. The molecule has 1 unspecified atom stereocenters. The molecule has 0 heterocycles. The molecule has 1 atom stereocenters. The first-order valence-electron chi connectivity index (χ1n) is 4.42. The molecule has 6 heteroatoms. The minimum atomic E-state index is -3.35. The highest BCUT2D eigenvalue weighted by Crippen LogP contribution is 2.34. The van der Waals surface area contributed by atoms with E-state index in [4.69, 9.17) is 5.11 Å². The van der Waals surface area contributed by atoms with E-state index in [1.807, 2.05) is 0 Å². The highest BCUT2D eigenvalue weighted by atomic mass is 32.2. The van der Waals surface area contributed by atoms with Crippen molar-refractivity contribution in [2.24, 2.45) is 0 Å². The molecule has 14 heavy (non-hydrogen) atoms. The maximum atomic E-state index is 11.4. The minimum Gasteiger partial charge on any atom is -0.394 e. The van der Waals surface area contributed by atoms with Crippen molar-refractivity contribution in [3.05, 3.63) is 0 Å². The third-order valence-electron chi connectivity index (χ3n) is 2.56. The molecule has 2 N–H and O–H groups in total. The second kappa shape index (κ2) is 3.51. The van der Waals surface area contributed by atoms with Gasteiger partial charge in [0.1, 0.15) is 5.25 Å². The average Bonchev–Trinajstić information content (AvgIpc) is 2.82. The number of aliphatic hydroxyl groups is 1. The van der Waals surface area contributed by atoms with Crippen LogP contribution in [0, 0.1) is 0 Å². The second-order valence-corrected chi connectivity index (χ2v) is 6.27. The van der Waals surface area contributed by atoms with Crippen LogP contribution in [0.2, 0.25) is 0 Å². The molecule has 0 saturated heterocycles. The molecule has 0 bridgehead atoms. The molecule has 1 aliphatic rings. The van der Waals surface area contributed by atoms with Gasteiger partial charge in [0.15, 0.2) is 9.84 Å². The lowest BCUT2D eigenvalue weighted by atomic mass is 10.3. The van der Waals surface area contributed by atoms with Gasteiger partial charge in [0.2, 0.25) is 5.91 Å². The minimum absolute atomic E-state index is 0.130. The Labute approximate surface area is 83.4 Å². The van der Waals surface area contributed by atoms with E-state index in [-0.39, 0.29) is 6.61 Å². The summed E-state index contributed by atoms with van der Waals surface area (Å²) in [6.07, 6.45) is 2.45. The molecule has 5 nitrogen and oxygen atoms in total. The van der Waals surface area contributed by atoms with Crippen LogP contribution in [0.15, 0.2) is 0 Å². The van der Waals surface area contributed by atoms with Crippen molar-refractivity contribution >= 4 is 15.7 Å². The number of amides is 1. The summed E-state index contributed by atoms with van der Waals surface area (Å²) in [6, 6.07) is 0. The molecule has 0 aromatic rings. The summed E-state index contributed by atoms with van der Waals surface area (Å²) in [5.74, 6) is -0.529. The Hall–Kier alpha value is -0.620. The van der Waals surface area contributed by atoms with Crippen LogP contribution in [0.25, 0.3) is 0 Å². The third-order valence-corrected chi connectivity index (χ3v) is 4.05. The maximum Gasteiger partial charge on any atom is 0.238 e. The fourth-order valence-corrected chi connectivity index (χ4v) is 1.48. The average molecular weight is 221 g/mol. The van der Waals surface area contributed by atoms with Crippen LogP contribution in [0.5, 0.6) is 0 Å². The number of hydrogen-bond acceptors (Lipinski definition) is 4. The summed E-state index contributed by atoms with van der Waals surface area (Å²) in [5, 5.41) is 10.4. The number of rotatable bonds is 4. The monoisotopic (exact) mass is 221 g/mol. The van der Waals surface area contributed by atoms with E-state index in [0.717, 1.165) is 6.26 Å². The Morgan fingerprint density at radius 2 is 2.07 bits per heavy atom. The van der Waals surface area contributed by atoms with Crippen molar-refractivity contribution in [2.45, 2.75) is 30.6 Å². The molecule has 1 aliphatic carbocycles. The van der Waals surface area contributed by atoms with Gasteiger partial charge >= 0.3 is 0 Å². The van der Waals surface area contributed by atoms with Crippen LogP contribution >= 0.6 is 0 Å². The molecular weight excluding hydrogens is 206 g/mol. The van der Waals surface area contributed by atoms with Crippen molar-refractivity contribution in [1.29, 1.82) is 0 Å². The van der Waals surface area contributed by atoms with E-state index in [1.54, 1.807) is 0 Å². The largest absolute Gasteiger partial charge is 0.394 e. The number of nitrogens with one attached hydrogen (secondary N) is 1. The van der Waals surface area contributed by atoms with Crippen molar-refractivity contribution in [3.8, 4) is 0 Å². The number of sulfone groups is 1. The molecular formula is C8H15NO4S. The van der Waals surface area contributed by atoms with Gasteiger partial charge in [-0.05, 0) is 19.8 Å². The summed E-state index contributed by atoms with van der Waals surface area (Å²) < 4.78 is 22.1. The second-order valence-electron chi connectivity index (χ2n) is 3.90. The fraction of sp³-hybridized carbons (Fsp3) is 0.875. The predicted molar refractivity (Wildman–Crippen MR) is 51.5 cm³/mol. The molecule has 1 fully saturated rings. The Kier molecular flexibility index (Phi) is 2.87. The normalized spacial score (nSPS) is 21.4. The smallest absolute Gasteiger partial charge is 0.238 e. The van der Waals surface area contributed by atoms with Gasteiger partial charge in [0.05, 0.1) is 12.1 Å². The van der Waals surface area contributed by atoms with Crippen molar-refractivity contribution in [2.75, 3.05) is 12.9 Å². The van der Waals surface area contributed by atoms with Crippen LogP contribution in [0.3, 0.4) is 0 Å². The topological polar surface area (TPSA) is 83.5 Å². The summed E-state index contributed by atoms with van der Waals surface area (Å²) in [7, 11) is -3.35. The summed E-state index contributed by atoms with van der Waals surface area (Å²) in [5.41, 5.74) is -0.546. The number of carbonyl (C=O) groups excluding carboxylic acids is 1. The fourth-order valence-electron chi connectivity index (χ4n) is 1.03. The van der Waals surface area contributed by atoms with Crippen LogP contribution in [-0.2, 0) is 14.6 Å². The Balaban J connectivity index is 2.59. The van der Waals surface area contributed by atoms with Gasteiger partial charge in [-0.15, -0.1) is 0 Å². The zero-order chi connectivity index (χ0) is 11.0. The zero-order valence-electron chi connectivity index (χ0n) is 8.28. The molecule has 0 spiro atoms. The van der Waals surface area contributed by atoms with Crippen LogP contribution in [0.4, 0.5) is 0 Å². The predicted octanol–water partition coefficient (Wildman–Crippen LogP) is -0.939. The van der Waals surface area contributed by atoms with Gasteiger partial charge in [0, 0.05) is 6.26 Å². The van der Waals surface area contributed by atoms with Gasteiger partial charge in [-0.1, -0.05) is 0 Å². The molecule has 1 amide bonds. The van der Waals surface area contributed by atoms with E-state index in [2.05, 4.69) is 5.32 Å². The summed E-state index contributed by atoms with van der Waals surface area (Å²) >= 11 is 0. The van der Waals surface area contributed by atoms with Gasteiger partial charge in [0.25, 0.3) is 0 Å². The first-order chi connectivity index (χ1) is 6.31. The van der Waals surface area contributed by atoms with Gasteiger partial charge in [-0.2, -0.15) is 0 Å². The molecule has 0 aliphatic heterocycles. The third kappa shape index (κ3) is 2.45. The maximum absolute atomic E-state index is 11.4. The number of carbonyl (C=O) groups is 1. The van der Waals surface area contributed by atoms with E-state index in [9.17, 15) is 13.2 Å². The molecule has 0 aromatic carbocycles. The van der Waals surface area contributed by atoms with E-state index >= 15 is 0 Å². The molecule has 82 valence electrons. The Bertz CT molecular complexity index is 331. The molecule has 1 rings (SSSR count).